The Balaban J connectivity index is 2.46. The van der Waals surface area contributed by atoms with Crippen molar-refractivity contribution in [2.75, 3.05) is 0 Å². The summed E-state index contributed by atoms with van der Waals surface area (Å²) in [6.07, 6.45) is 1.69. The van der Waals surface area contributed by atoms with Crippen LogP contribution in [0.25, 0.3) is 11.3 Å². The van der Waals surface area contributed by atoms with Gasteiger partial charge >= 0.3 is 0 Å². The molecule has 3 nitrogen and oxygen atoms in total. The summed E-state index contributed by atoms with van der Waals surface area (Å²) in [5.41, 5.74) is 2.56. The third-order valence-corrected chi connectivity index (χ3v) is 2.29. The maximum Gasteiger partial charge on any atom is 0.178 e. The first-order valence-corrected chi connectivity index (χ1v) is 4.75. The van der Waals surface area contributed by atoms with Gasteiger partial charge in [-0.15, -0.1) is 0 Å². The van der Waals surface area contributed by atoms with Gasteiger partial charge in [-0.3, -0.25) is 9.89 Å². The Hall–Kier alpha value is -1.47. The number of hydrogen-bond donors (Lipinski definition) is 1. The molecule has 1 atom stereocenters. The Kier molecular flexibility index (Phi) is 2.42. The fourth-order valence-corrected chi connectivity index (χ4v) is 1.44. The van der Waals surface area contributed by atoms with Crippen molar-refractivity contribution in [2.24, 2.45) is 0 Å². The number of aromatic amines is 1. The maximum atomic E-state index is 11.1. The summed E-state index contributed by atoms with van der Waals surface area (Å²) in [6.45, 7) is 0. The molecule has 4 heteroatoms. The molecule has 2 aromatic rings. The van der Waals surface area contributed by atoms with E-state index in [1.807, 2.05) is 24.3 Å². The smallest absolute Gasteiger partial charge is 0.178 e. The van der Waals surface area contributed by atoms with E-state index in [2.05, 4.69) is 19.4 Å². The Morgan fingerprint density at radius 1 is 1.36 bits per heavy atom. The third kappa shape index (κ3) is 1.73. The van der Waals surface area contributed by atoms with E-state index >= 15 is 0 Å². The van der Waals surface area contributed by atoms with Crippen molar-refractivity contribution >= 4 is 14.8 Å². The highest BCUT2D eigenvalue weighted by Crippen LogP contribution is 2.18. The molecule has 1 N–H and O–H groups in total. The van der Waals surface area contributed by atoms with Crippen molar-refractivity contribution in [1.29, 1.82) is 0 Å². The molecule has 0 saturated heterocycles. The third-order valence-electron chi connectivity index (χ3n) is 1.96. The van der Waals surface area contributed by atoms with Gasteiger partial charge in [-0.25, -0.2) is 0 Å². The molecule has 0 amide bonds. The minimum absolute atomic E-state index is 0.00800. The average molecular weight is 204 g/mol. The molecule has 0 radical (unpaired) electrons. The van der Waals surface area contributed by atoms with Crippen molar-refractivity contribution in [1.82, 2.24) is 10.2 Å². The number of carbonyl (C=O) groups excluding carboxylic acids is 1. The van der Waals surface area contributed by atoms with Crippen molar-refractivity contribution in [3.63, 3.8) is 0 Å². The Bertz CT molecular complexity index is 451. The summed E-state index contributed by atoms with van der Waals surface area (Å²) in [6, 6.07) is 9.28. The van der Waals surface area contributed by atoms with E-state index in [1.54, 1.807) is 12.3 Å². The van der Waals surface area contributed by atoms with Crippen LogP contribution in [0.1, 0.15) is 10.4 Å². The van der Waals surface area contributed by atoms with Gasteiger partial charge in [0.25, 0.3) is 0 Å². The first kappa shape index (κ1) is 9.10. The van der Waals surface area contributed by atoms with Gasteiger partial charge in [-0.1, -0.05) is 27.4 Å². The van der Waals surface area contributed by atoms with Crippen LogP contribution < -0.4 is 0 Å². The number of benzene rings is 1. The molecule has 1 heterocycles. The number of carbonyl (C=O) groups is 1. The van der Waals surface area contributed by atoms with Gasteiger partial charge in [0.05, 0.1) is 5.69 Å². The first-order valence-electron chi connectivity index (χ1n) is 4.17. The molecule has 2 rings (SSSR count). The van der Waals surface area contributed by atoms with Gasteiger partial charge in [0.1, 0.15) is 0 Å². The fourth-order valence-electron chi connectivity index (χ4n) is 1.26. The van der Waals surface area contributed by atoms with Gasteiger partial charge in [-0.05, 0) is 12.1 Å². The summed E-state index contributed by atoms with van der Waals surface area (Å²) in [5.74, 6) is 0. The van der Waals surface area contributed by atoms with Crippen LogP contribution in [-0.4, -0.2) is 15.7 Å². The molecule has 0 aliphatic heterocycles. The molecule has 1 unspecified atom stereocenters. The van der Waals surface area contributed by atoms with Crippen LogP contribution in [0.3, 0.4) is 0 Å². The monoisotopic (exact) mass is 204 g/mol. The molecule has 0 aliphatic rings. The molecule has 1 aromatic heterocycles. The van der Waals surface area contributed by atoms with E-state index in [9.17, 15) is 4.79 Å². The lowest BCUT2D eigenvalue weighted by atomic mass is 10.1. The molecule has 14 heavy (non-hydrogen) atoms. The molecular weight excluding hydrogens is 195 g/mol. The Morgan fingerprint density at radius 3 is 2.86 bits per heavy atom. The van der Waals surface area contributed by atoms with Crippen LogP contribution in [-0.2, 0) is 0 Å². The SMILES string of the molecule is O=C(P)c1cccc(-c2ccn[nH]2)c1. The van der Waals surface area contributed by atoms with Gasteiger partial charge in [0.2, 0.25) is 0 Å². The van der Waals surface area contributed by atoms with Crippen LogP contribution in [0, 0.1) is 0 Å². The van der Waals surface area contributed by atoms with Gasteiger partial charge in [0.15, 0.2) is 5.52 Å². The lowest BCUT2D eigenvalue weighted by Gasteiger charge is -1.99. The number of rotatable bonds is 2. The second kappa shape index (κ2) is 3.72. The summed E-state index contributed by atoms with van der Waals surface area (Å²) in [4.78, 5) is 11.1. The molecule has 0 saturated carbocycles. The maximum absolute atomic E-state index is 11.1. The van der Waals surface area contributed by atoms with Crippen LogP contribution >= 0.6 is 9.24 Å². The van der Waals surface area contributed by atoms with Crippen LogP contribution in [0.15, 0.2) is 36.5 Å². The summed E-state index contributed by atoms with van der Waals surface area (Å²) in [5, 5.41) is 6.71. The van der Waals surface area contributed by atoms with Gasteiger partial charge in [0, 0.05) is 17.3 Å². The normalized spacial score (nSPS) is 10.1. The van der Waals surface area contributed by atoms with E-state index < -0.39 is 0 Å². The number of nitrogens with one attached hydrogen (secondary N) is 1. The lowest BCUT2D eigenvalue weighted by Crippen LogP contribution is -1.88. The predicted molar refractivity (Wildman–Crippen MR) is 58.1 cm³/mol. The standard InChI is InChI=1S/C10H9N2OP/c13-10(14)8-3-1-2-7(6-8)9-4-5-11-12-9/h1-6H,14H2,(H,11,12). The van der Waals surface area contributed by atoms with E-state index in [0.717, 1.165) is 11.3 Å². The zero-order chi connectivity index (χ0) is 9.97. The molecule has 0 bridgehead atoms. The van der Waals surface area contributed by atoms with Gasteiger partial charge < -0.3 is 0 Å². The quantitative estimate of drug-likeness (QED) is 0.761. The lowest BCUT2D eigenvalue weighted by molar-refractivity contribution is 0.108. The topological polar surface area (TPSA) is 45.8 Å². The molecule has 1 aromatic carbocycles. The summed E-state index contributed by atoms with van der Waals surface area (Å²) >= 11 is 0. The Morgan fingerprint density at radius 2 is 2.21 bits per heavy atom. The highest BCUT2D eigenvalue weighted by Gasteiger charge is 2.02. The zero-order valence-electron chi connectivity index (χ0n) is 7.40. The largest absolute Gasteiger partial charge is 0.290 e. The number of aromatic nitrogens is 2. The molecule has 0 aliphatic carbocycles. The zero-order valence-corrected chi connectivity index (χ0v) is 8.55. The van der Waals surface area contributed by atoms with E-state index in [-0.39, 0.29) is 5.52 Å². The van der Waals surface area contributed by atoms with Crippen molar-refractivity contribution in [2.45, 2.75) is 0 Å². The molecular formula is C10H9N2OP. The minimum Gasteiger partial charge on any atom is -0.290 e. The van der Waals surface area contributed by atoms with Crippen molar-refractivity contribution in [3.05, 3.63) is 42.1 Å². The highest BCUT2D eigenvalue weighted by atomic mass is 31.0. The highest BCUT2D eigenvalue weighted by molar-refractivity contribution is 7.41. The van der Waals surface area contributed by atoms with E-state index in [1.165, 1.54) is 0 Å². The van der Waals surface area contributed by atoms with Crippen molar-refractivity contribution in [3.8, 4) is 11.3 Å². The molecule has 70 valence electrons. The minimum atomic E-state index is -0.00800. The van der Waals surface area contributed by atoms with Crippen LogP contribution in [0.2, 0.25) is 0 Å². The first-order chi connectivity index (χ1) is 6.77. The van der Waals surface area contributed by atoms with Crippen molar-refractivity contribution < 1.29 is 4.79 Å². The van der Waals surface area contributed by atoms with Gasteiger partial charge in [-0.2, -0.15) is 5.10 Å². The van der Waals surface area contributed by atoms with E-state index in [4.69, 9.17) is 0 Å². The fraction of sp³-hybridized carbons (Fsp3) is 0. The van der Waals surface area contributed by atoms with Crippen LogP contribution in [0.4, 0.5) is 0 Å². The summed E-state index contributed by atoms with van der Waals surface area (Å²) < 4.78 is 0. The average Bonchev–Trinajstić information content (AvgIpc) is 2.71. The second-order valence-electron chi connectivity index (χ2n) is 2.92. The molecule has 0 spiro atoms. The van der Waals surface area contributed by atoms with Crippen LogP contribution in [0.5, 0.6) is 0 Å². The van der Waals surface area contributed by atoms with E-state index in [0.29, 0.717) is 5.56 Å². The Labute approximate surface area is 83.7 Å². The molecule has 0 fully saturated rings. The predicted octanol–water partition coefficient (Wildman–Crippen LogP) is 2.09. The number of H-pyrrole nitrogens is 1. The number of hydrogen-bond acceptors (Lipinski definition) is 2. The summed E-state index contributed by atoms with van der Waals surface area (Å²) in [7, 11) is 2.16. The number of nitrogens with zero attached hydrogens (tertiary/aromatic N) is 1. The second-order valence-corrected chi connectivity index (χ2v) is 3.44.